The Bertz CT molecular complexity index is 1220. The lowest BCUT2D eigenvalue weighted by molar-refractivity contribution is 0.0728. The SMILES string of the molecule is Nc1cc(N2CCN3C[C@@H](COc4ccccc4)CC[C@H]3C2)nc2nc(-c3ccco3)nn12. The first kappa shape index (κ1) is 20.0. The van der Waals surface area contributed by atoms with Crippen molar-refractivity contribution >= 4 is 17.4 Å². The van der Waals surface area contributed by atoms with E-state index < -0.39 is 0 Å². The molecule has 9 heteroatoms. The van der Waals surface area contributed by atoms with Crippen molar-refractivity contribution in [2.75, 3.05) is 43.4 Å². The highest BCUT2D eigenvalue weighted by atomic mass is 16.5. The second-order valence-electron chi connectivity index (χ2n) is 8.83. The van der Waals surface area contributed by atoms with Crippen LogP contribution in [0.4, 0.5) is 11.6 Å². The van der Waals surface area contributed by atoms with Gasteiger partial charge < -0.3 is 19.8 Å². The normalized spacial score (nSPS) is 21.3. The molecule has 33 heavy (non-hydrogen) atoms. The summed E-state index contributed by atoms with van der Waals surface area (Å²) >= 11 is 0. The Kier molecular flexibility index (Phi) is 5.10. The number of ether oxygens (including phenoxy) is 1. The number of para-hydroxylation sites is 1. The van der Waals surface area contributed by atoms with Gasteiger partial charge in [0.1, 0.15) is 17.4 Å². The number of piperidine rings is 1. The maximum Gasteiger partial charge on any atom is 0.256 e. The van der Waals surface area contributed by atoms with Crippen molar-refractivity contribution in [1.29, 1.82) is 0 Å². The van der Waals surface area contributed by atoms with Crippen LogP contribution in [-0.2, 0) is 0 Å². The molecular formula is C24H27N7O2. The Labute approximate surface area is 191 Å². The number of fused-ring (bicyclic) bond motifs is 2. The van der Waals surface area contributed by atoms with Gasteiger partial charge in [0.25, 0.3) is 5.78 Å². The summed E-state index contributed by atoms with van der Waals surface area (Å²) in [6.07, 6.45) is 3.93. The molecule has 0 bridgehead atoms. The molecular weight excluding hydrogens is 418 g/mol. The maximum atomic E-state index is 6.30. The molecule has 9 nitrogen and oxygen atoms in total. The standard InChI is InChI=1S/C24H27N7O2/c25-21-13-22(26-24-27-23(28-31(21)24)20-7-4-12-32-20)30-11-10-29-14-17(8-9-18(29)15-30)16-33-19-5-2-1-3-6-19/h1-7,12-13,17-18H,8-11,14-16,25H2/t17-,18-/m0/s1. The molecule has 1 aromatic carbocycles. The van der Waals surface area contributed by atoms with Gasteiger partial charge in [0.15, 0.2) is 5.76 Å². The van der Waals surface area contributed by atoms with Gasteiger partial charge >= 0.3 is 0 Å². The van der Waals surface area contributed by atoms with E-state index in [1.165, 1.54) is 6.42 Å². The number of aromatic nitrogens is 4. The zero-order valence-electron chi connectivity index (χ0n) is 18.4. The first-order valence-corrected chi connectivity index (χ1v) is 11.5. The average Bonchev–Trinajstić information content (AvgIpc) is 3.53. The molecule has 2 aliphatic heterocycles. The molecule has 6 rings (SSSR count). The summed E-state index contributed by atoms with van der Waals surface area (Å²) in [5, 5.41) is 4.44. The van der Waals surface area contributed by atoms with Crippen LogP contribution in [0.2, 0.25) is 0 Å². The number of furan rings is 1. The number of hydrogen-bond acceptors (Lipinski definition) is 8. The second-order valence-corrected chi connectivity index (χ2v) is 8.83. The van der Waals surface area contributed by atoms with Gasteiger partial charge in [-0.05, 0) is 37.1 Å². The van der Waals surface area contributed by atoms with Crippen LogP contribution in [0, 0.1) is 5.92 Å². The molecule has 5 heterocycles. The Morgan fingerprint density at radius 2 is 1.94 bits per heavy atom. The minimum atomic E-state index is 0.484. The first-order valence-electron chi connectivity index (χ1n) is 11.5. The van der Waals surface area contributed by atoms with E-state index in [2.05, 4.69) is 19.9 Å². The van der Waals surface area contributed by atoms with Gasteiger partial charge in [-0.25, -0.2) is 0 Å². The minimum Gasteiger partial charge on any atom is -0.493 e. The van der Waals surface area contributed by atoms with E-state index in [0.29, 0.717) is 35.1 Å². The molecule has 0 aliphatic carbocycles. The predicted molar refractivity (Wildman–Crippen MR) is 125 cm³/mol. The largest absolute Gasteiger partial charge is 0.493 e. The topological polar surface area (TPSA) is 98.0 Å². The smallest absolute Gasteiger partial charge is 0.256 e. The molecule has 0 saturated carbocycles. The van der Waals surface area contributed by atoms with Crippen LogP contribution in [0.25, 0.3) is 17.4 Å². The Balaban J connectivity index is 1.12. The van der Waals surface area contributed by atoms with E-state index in [9.17, 15) is 0 Å². The van der Waals surface area contributed by atoms with E-state index in [1.54, 1.807) is 10.8 Å². The van der Waals surface area contributed by atoms with E-state index in [0.717, 1.165) is 50.8 Å². The monoisotopic (exact) mass is 445 g/mol. The molecule has 2 fully saturated rings. The van der Waals surface area contributed by atoms with Crippen molar-refractivity contribution in [2.45, 2.75) is 18.9 Å². The van der Waals surface area contributed by atoms with Crippen LogP contribution in [0.1, 0.15) is 12.8 Å². The van der Waals surface area contributed by atoms with Gasteiger partial charge in [-0.1, -0.05) is 18.2 Å². The van der Waals surface area contributed by atoms with Crippen molar-refractivity contribution in [3.8, 4) is 17.3 Å². The Morgan fingerprint density at radius 1 is 1.03 bits per heavy atom. The fourth-order valence-electron chi connectivity index (χ4n) is 4.88. The molecule has 0 unspecified atom stereocenters. The summed E-state index contributed by atoms with van der Waals surface area (Å²) in [6, 6.07) is 16.1. The summed E-state index contributed by atoms with van der Waals surface area (Å²) in [5.41, 5.74) is 6.30. The van der Waals surface area contributed by atoms with Crippen molar-refractivity contribution < 1.29 is 9.15 Å². The van der Waals surface area contributed by atoms with Crippen LogP contribution in [-0.4, -0.2) is 63.3 Å². The molecule has 170 valence electrons. The Morgan fingerprint density at radius 3 is 2.79 bits per heavy atom. The molecule has 2 saturated heterocycles. The zero-order valence-corrected chi connectivity index (χ0v) is 18.4. The summed E-state index contributed by atoms with van der Waals surface area (Å²) < 4.78 is 13.0. The molecule has 0 amide bonds. The fraction of sp³-hybridized carbons (Fsp3) is 0.375. The second kappa shape index (κ2) is 8.40. The molecule has 3 aromatic heterocycles. The molecule has 4 aromatic rings. The number of nitrogen functional groups attached to an aromatic ring is 1. The highest BCUT2D eigenvalue weighted by Gasteiger charge is 2.33. The Hall–Kier alpha value is -3.59. The van der Waals surface area contributed by atoms with E-state index in [1.807, 2.05) is 48.5 Å². The lowest BCUT2D eigenvalue weighted by Gasteiger charge is -2.46. The lowest BCUT2D eigenvalue weighted by Crippen LogP contribution is -2.57. The number of piperazine rings is 1. The predicted octanol–water partition coefficient (Wildman–Crippen LogP) is 2.95. The van der Waals surface area contributed by atoms with Crippen LogP contribution >= 0.6 is 0 Å². The van der Waals surface area contributed by atoms with Crippen molar-refractivity contribution in [1.82, 2.24) is 24.5 Å². The van der Waals surface area contributed by atoms with Gasteiger partial charge in [-0.3, -0.25) is 4.90 Å². The third-order valence-corrected chi connectivity index (χ3v) is 6.63. The van der Waals surface area contributed by atoms with Crippen molar-refractivity contribution in [3.05, 3.63) is 54.8 Å². The van der Waals surface area contributed by atoms with E-state index in [-0.39, 0.29) is 0 Å². The minimum absolute atomic E-state index is 0.484. The fourth-order valence-corrected chi connectivity index (χ4v) is 4.88. The summed E-state index contributed by atoms with van der Waals surface area (Å²) in [6.45, 7) is 4.70. The third-order valence-electron chi connectivity index (χ3n) is 6.63. The molecule has 2 N–H and O–H groups in total. The number of benzene rings is 1. The highest BCUT2D eigenvalue weighted by Crippen LogP contribution is 2.29. The maximum absolute atomic E-state index is 6.30. The molecule has 2 aliphatic rings. The van der Waals surface area contributed by atoms with Crippen LogP contribution in [0.3, 0.4) is 0 Å². The number of anilines is 2. The molecule has 0 spiro atoms. The summed E-state index contributed by atoms with van der Waals surface area (Å²) in [5.74, 6) is 4.46. The van der Waals surface area contributed by atoms with E-state index >= 15 is 0 Å². The van der Waals surface area contributed by atoms with Crippen molar-refractivity contribution in [3.63, 3.8) is 0 Å². The van der Waals surface area contributed by atoms with Gasteiger partial charge in [0, 0.05) is 44.2 Å². The van der Waals surface area contributed by atoms with Gasteiger partial charge in [0.05, 0.1) is 12.9 Å². The number of nitrogens with two attached hydrogens (primary N) is 1. The van der Waals surface area contributed by atoms with Crippen molar-refractivity contribution in [2.24, 2.45) is 5.92 Å². The number of rotatable bonds is 5. The summed E-state index contributed by atoms with van der Waals surface area (Å²) in [4.78, 5) is 14.2. The molecule has 0 radical (unpaired) electrons. The van der Waals surface area contributed by atoms with E-state index in [4.69, 9.17) is 19.9 Å². The number of hydrogen-bond donors (Lipinski definition) is 1. The molecule has 2 atom stereocenters. The van der Waals surface area contributed by atoms with Crippen LogP contribution in [0.5, 0.6) is 5.75 Å². The van der Waals surface area contributed by atoms with Gasteiger partial charge in [0.2, 0.25) is 5.82 Å². The lowest BCUT2D eigenvalue weighted by atomic mass is 9.91. The third kappa shape index (κ3) is 4.00. The van der Waals surface area contributed by atoms with Gasteiger partial charge in [-0.2, -0.15) is 14.5 Å². The quantitative estimate of drug-likeness (QED) is 0.501. The van der Waals surface area contributed by atoms with Crippen LogP contribution < -0.4 is 15.4 Å². The highest BCUT2D eigenvalue weighted by molar-refractivity contribution is 5.57. The first-order chi connectivity index (χ1) is 16.2. The zero-order chi connectivity index (χ0) is 22.2. The van der Waals surface area contributed by atoms with Gasteiger partial charge in [-0.15, -0.1) is 5.10 Å². The number of nitrogens with zero attached hydrogens (tertiary/aromatic N) is 6. The van der Waals surface area contributed by atoms with Crippen LogP contribution in [0.15, 0.2) is 59.2 Å². The average molecular weight is 446 g/mol. The summed E-state index contributed by atoms with van der Waals surface area (Å²) in [7, 11) is 0.